The molecular formula is C21H23Cl2NO5. The zero-order chi connectivity index (χ0) is 21.8. The molecule has 6 nitrogen and oxygen atoms in total. The highest BCUT2D eigenvalue weighted by atomic mass is 35.5. The molecule has 1 N–H and O–H groups in total. The van der Waals surface area contributed by atoms with Crippen LogP contribution in [0.15, 0.2) is 42.5 Å². The predicted molar refractivity (Wildman–Crippen MR) is 112 cm³/mol. The molecule has 0 saturated heterocycles. The van der Waals surface area contributed by atoms with Gasteiger partial charge in [0.05, 0.1) is 23.2 Å². The van der Waals surface area contributed by atoms with Gasteiger partial charge in [-0.25, -0.2) is 9.59 Å². The second-order valence-corrected chi connectivity index (χ2v) is 8.30. The molecule has 2 aromatic carbocycles. The molecule has 0 fully saturated rings. The number of aliphatic hydroxyl groups excluding tert-OH is 1. The van der Waals surface area contributed by atoms with Crippen molar-refractivity contribution in [1.82, 2.24) is 4.90 Å². The molecule has 1 atom stereocenters. The van der Waals surface area contributed by atoms with Crippen molar-refractivity contribution >= 4 is 35.3 Å². The van der Waals surface area contributed by atoms with E-state index in [0.717, 1.165) is 0 Å². The summed E-state index contributed by atoms with van der Waals surface area (Å²) in [5.41, 5.74) is 0.137. The first-order chi connectivity index (χ1) is 13.5. The topological polar surface area (TPSA) is 76.1 Å². The SMILES string of the molecule is CN(CC(O)c1ccc(OC(=O)c2ccc(Cl)cc2Cl)cc1)C(=O)OC(C)(C)C. The van der Waals surface area contributed by atoms with E-state index >= 15 is 0 Å². The number of esters is 1. The van der Waals surface area contributed by atoms with Crippen LogP contribution in [0.2, 0.25) is 10.0 Å². The molecule has 29 heavy (non-hydrogen) atoms. The highest BCUT2D eigenvalue weighted by Crippen LogP contribution is 2.24. The Bertz CT molecular complexity index is 878. The smallest absolute Gasteiger partial charge is 0.410 e. The number of benzene rings is 2. The summed E-state index contributed by atoms with van der Waals surface area (Å²) in [6, 6.07) is 10.8. The van der Waals surface area contributed by atoms with Gasteiger partial charge in [0, 0.05) is 12.1 Å². The number of carbonyl (C=O) groups excluding carboxylic acids is 2. The van der Waals surface area contributed by atoms with Crippen molar-refractivity contribution in [3.05, 3.63) is 63.6 Å². The maximum absolute atomic E-state index is 12.2. The highest BCUT2D eigenvalue weighted by Gasteiger charge is 2.22. The Morgan fingerprint density at radius 3 is 2.28 bits per heavy atom. The van der Waals surface area contributed by atoms with Crippen LogP contribution in [0.4, 0.5) is 4.79 Å². The summed E-state index contributed by atoms with van der Waals surface area (Å²) < 4.78 is 10.6. The van der Waals surface area contributed by atoms with Gasteiger partial charge in [-0.05, 0) is 56.7 Å². The quantitative estimate of drug-likeness (QED) is 0.517. The third-order valence-electron chi connectivity index (χ3n) is 3.78. The number of nitrogens with zero attached hydrogens (tertiary/aromatic N) is 1. The maximum atomic E-state index is 12.2. The molecule has 2 aromatic rings. The van der Waals surface area contributed by atoms with Crippen molar-refractivity contribution in [3.8, 4) is 5.75 Å². The average molecular weight is 440 g/mol. The third-order valence-corrected chi connectivity index (χ3v) is 4.33. The van der Waals surface area contributed by atoms with E-state index in [-0.39, 0.29) is 22.9 Å². The number of halogens is 2. The van der Waals surface area contributed by atoms with E-state index in [1.54, 1.807) is 58.2 Å². The molecule has 1 unspecified atom stereocenters. The average Bonchev–Trinajstić information content (AvgIpc) is 2.60. The minimum absolute atomic E-state index is 0.0500. The first-order valence-electron chi connectivity index (χ1n) is 8.85. The minimum Gasteiger partial charge on any atom is -0.444 e. The molecule has 0 radical (unpaired) electrons. The van der Waals surface area contributed by atoms with Crippen molar-refractivity contribution in [2.24, 2.45) is 0 Å². The minimum atomic E-state index is -0.928. The fourth-order valence-electron chi connectivity index (χ4n) is 2.35. The second-order valence-electron chi connectivity index (χ2n) is 7.46. The first-order valence-corrected chi connectivity index (χ1v) is 9.61. The largest absolute Gasteiger partial charge is 0.444 e. The summed E-state index contributed by atoms with van der Waals surface area (Å²) in [5, 5.41) is 11.0. The van der Waals surface area contributed by atoms with Crippen LogP contribution >= 0.6 is 23.2 Å². The second kappa shape index (κ2) is 9.48. The van der Waals surface area contributed by atoms with Crippen LogP contribution in [0.1, 0.15) is 42.8 Å². The molecule has 8 heteroatoms. The van der Waals surface area contributed by atoms with Gasteiger partial charge in [-0.3, -0.25) is 0 Å². The lowest BCUT2D eigenvalue weighted by atomic mass is 10.1. The van der Waals surface area contributed by atoms with E-state index in [1.807, 2.05) is 0 Å². The fraction of sp³-hybridized carbons (Fsp3) is 0.333. The number of aliphatic hydroxyl groups is 1. The number of amides is 1. The van der Waals surface area contributed by atoms with E-state index in [1.165, 1.54) is 17.0 Å². The summed E-state index contributed by atoms with van der Waals surface area (Å²) in [6.07, 6.45) is -1.45. The van der Waals surface area contributed by atoms with Crippen LogP contribution in [0.3, 0.4) is 0 Å². The van der Waals surface area contributed by atoms with E-state index < -0.39 is 23.8 Å². The van der Waals surface area contributed by atoms with Gasteiger partial charge >= 0.3 is 12.1 Å². The molecule has 0 saturated carbocycles. The molecule has 0 aliphatic heterocycles. The number of hydrogen-bond acceptors (Lipinski definition) is 5. The molecule has 0 aliphatic rings. The van der Waals surface area contributed by atoms with E-state index in [9.17, 15) is 14.7 Å². The third kappa shape index (κ3) is 6.92. The standard InChI is InChI=1S/C21H23Cl2NO5/c1-21(2,3)29-20(27)24(4)12-18(25)13-5-8-15(9-6-13)28-19(26)16-10-7-14(22)11-17(16)23/h5-11,18,25H,12H2,1-4H3. The van der Waals surface area contributed by atoms with Gasteiger partial charge in [0.25, 0.3) is 0 Å². The summed E-state index contributed by atoms with van der Waals surface area (Å²) >= 11 is 11.8. The number of likely N-dealkylation sites (N-methyl/N-ethyl adjacent to an activating group) is 1. The van der Waals surface area contributed by atoms with Crippen LogP contribution in [0, 0.1) is 0 Å². The summed E-state index contributed by atoms with van der Waals surface area (Å²) in [5.74, 6) is -0.331. The Hall–Kier alpha value is -2.28. The van der Waals surface area contributed by atoms with Gasteiger partial charge < -0.3 is 19.5 Å². The zero-order valence-corrected chi connectivity index (χ0v) is 18.1. The number of rotatable bonds is 5. The Balaban J connectivity index is 1.98. The highest BCUT2D eigenvalue weighted by molar-refractivity contribution is 6.36. The maximum Gasteiger partial charge on any atom is 0.410 e. The van der Waals surface area contributed by atoms with Crippen LogP contribution in [-0.2, 0) is 4.74 Å². The molecule has 0 spiro atoms. The lowest BCUT2D eigenvalue weighted by Gasteiger charge is -2.26. The van der Waals surface area contributed by atoms with E-state index in [4.69, 9.17) is 32.7 Å². The van der Waals surface area contributed by atoms with Gasteiger partial charge in [0.2, 0.25) is 0 Å². The first kappa shape index (κ1) is 23.0. The van der Waals surface area contributed by atoms with Crippen molar-refractivity contribution in [3.63, 3.8) is 0 Å². The predicted octanol–water partition coefficient (Wildman–Crippen LogP) is 5.11. The van der Waals surface area contributed by atoms with Crippen molar-refractivity contribution in [1.29, 1.82) is 0 Å². The normalized spacial score (nSPS) is 12.2. The molecule has 0 aromatic heterocycles. The molecule has 156 valence electrons. The van der Waals surface area contributed by atoms with E-state index in [2.05, 4.69) is 0 Å². The number of hydrogen-bond donors (Lipinski definition) is 1. The summed E-state index contributed by atoms with van der Waals surface area (Å²) in [4.78, 5) is 25.5. The molecule has 2 rings (SSSR count). The summed E-state index contributed by atoms with van der Waals surface area (Å²) in [6.45, 7) is 5.36. The molecule has 0 heterocycles. The number of carbonyl (C=O) groups is 2. The Labute approximate surface area is 179 Å². The van der Waals surface area contributed by atoms with Gasteiger partial charge in [0.1, 0.15) is 11.4 Å². The van der Waals surface area contributed by atoms with Crippen molar-refractivity contribution in [2.75, 3.05) is 13.6 Å². The van der Waals surface area contributed by atoms with Crippen molar-refractivity contribution < 1.29 is 24.2 Å². The fourth-order valence-corrected chi connectivity index (χ4v) is 2.84. The van der Waals surface area contributed by atoms with Crippen LogP contribution in [0.25, 0.3) is 0 Å². The molecule has 0 bridgehead atoms. The Morgan fingerprint density at radius 1 is 1.10 bits per heavy atom. The van der Waals surface area contributed by atoms with Gasteiger partial charge in [-0.2, -0.15) is 0 Å². The molecule has 1 amide bonds. The van der Waals surface area contributed by atoms with Crippen LogP contribution in [-0.4, -0.2) is 41.3 Å². The summed E-state index contributed by atoms with van der Waals surface area (Å²) in [7, 11) is 1.54. The van der Waals surface area contributed by atoms with Gasteiger partial charge in [-0.15, -0.1) is 0 Å². The Morgan fingerprint density at radius 2 is 1.72 bits per heavy atom. The zero-order valence-electron chi connectivity index (χ0n) is 16.6. The van der Waals surface area contributed by atoms with Crippen LogP contribution < -0.4 is 4.74 Å². The number of ether oxygens (including phenoxy) is 2. The van der Waals surface area contributed by atoms with Crippen LogP contribution in [0.5, 0.6) is 5.75 Å². The monoisotopic (exact) mass is 439 g/mol. The lowest BCUT2D eigenvalue weighted by Crippen LogP contribution is -2.36. The van der Waals surface area contributed by atoms with E-state index in [0.29, 0.717) is 10.6 Å². The molecule has 0 aliphatic carbocycles. The van der Waals surface area contributed by atoms with Gasteiger partial charge in [0.15, 0.2) is 0 Å². The Kier molecular flexibility index (Phi) is 7.52. The van der Waals surface area contributed by atoms with Crippen molar-refractivity contribution in [2.45, 2.75) is 32.5 Å². The molecular weight excluding hydrogens is 417 g/mol. The van der Waals surface area contributed by atoms with Gasteiger partial charge in [-0.1, -0.05) is 35.3 Å². The lowest BCUT2D eigenvalue weighted by molar-refractivity contribution is 0.0205.